The Kier molecular flexibility index (Phi) is 12.5. The highest BCUT2D eigenvalue weighted by atomic mass is 16.4. The molecule has 1 aliphatic rings. The molecule has 2 atom stereocenters. The van der Waals surface area contributed by atoms with Crippen molar-refractivity contribution in [1.29, 1.82) is 0 Å². The van der Waals surface area contributed by atoms with E-state index >= 15 is 0 Å². The molecule has 14 heteroatoms. The van der Waals surface area contributed by atoms with Gasteiger partial charge in [0, 0.05) is 13.0 Å². The molecule has 5 radical (unpaired) electrons. The molecular formula is C25H32N7O7. The van der Waals surface area contributed by atoms with Gasteiger partial charge in [-0.3, -0.25) is 24.2 Å². The molecule has 1 aliphatic carbocycles. The number of phenols is 1. The Bertz CT molecular complexity index is 1040. The zero-order valence-corrected chi connectivity index (χ0v) is 21.1. The van der Waals surface area contributed by atoms with Gasteiger partial charge in [0.1, 0.15) is 17.8 Å². The van der Waals surface area contributed by atoms with E-state index in [9.17, 15) is 34.2 Å². The van der Waals surface area contributed by atoms with E-state index in [0.717, 1.165) is 0 Å². The first-order chi connectivity index (χ1) is 18.5. The lowest BCUT2D eigenvalue weighted by Crippen LogP contribution is -2.53. The number of aromatic hydroxyl groups is 1. The van der Waals surface area contributed by atoms with E-state index in [1.165, 1.54) is 24.3 Å². The number of benzene rings is 1. The van der Waals surface area contributed by atoms with Crippen LogP contribution in [0.5, 0.6) is 5.75 Å². The summed E-state index contributed by atoms with van der Waals surface area (Å²) in [5, 5.41) is 28.7. The maximum Gasteiger partial charge on any atom is 0.326 e. The highest BCUT2D eigenvalue weighted by Gasteiger charge is 2.27. The van der Waals surface area contributed by atoms with Gasteiger partial charge in [-0.25, -0.2) is 4.79 Å². The number of carbonyl (C=O) groups excluding carboxylic acids is 4. The molecule has 10 N–H and O–H groups in total. The van der Waals surface area contributed by atoms with Crippen molar-refractivity contribution in [2.75, 3.05) is 19.6 Å². The fourth-order valence-corrected chi connectivity index (χ4v) is 3.39. The minimum atomic E-state index is -1.31. The van der Waals surface area contributed by atoms with Crippen molar-refractivity contribution in [3.63, 3.8) is 0 Å². The maximum absolute atomic E-state index is 12.9. The Balaban J connectivity index is 1.92. The molecule has 1 saturated carbocycles. The van der Waals surface area contributed by atoms with E-state index in [2.05, 4.69) is 26.3 Å². The number of aliphatic carboxylic acids is 1. The van der Waals surface area contributed by atoms with Crippen LogP contribution in [0.3, 0.4) is 0 Å². The highest BCUT2D eigenvalue weighted by molar-refractivity contribution is 5.98. The van der Waals surface area contributed by atoms with Crippen LogP contribution in [0.1, 0.15) is 18.4 Å². The van der Waals surface area contributed by atoms with Gasteiger partial charge in [0.05, 0.1) is 19.0 Å². The Hall–Kier alpha value is -4.36. The molecule has 1 aromatic carbocycles. The largest absolute Gasteiger partial charge is 0.508 e. The quantitative estimate of drug-likeness (QED) is 0.0673. The van der Waals surface area contributed by atoms with Crippen molar-refractivity contribution in [2.24, 2.45) is 16.5 Å². The predicted octanol–water partition coefficient (Wildman–Crippen LogP) is -2.32. The van der Waals surface area contributed by atoms with Gasteiger partial charge < -0.3 is 42.9 Å². The fourth-order valence-electron chi connectivity index (χ4n) is 3.39. The molecule has 0 aromatic heterocycles. The molecule has 0 unspecified atom stereocenters. The Labute approximate surface area is 226 Å². The summed E-state index contributed by atoms with van der Waals surface area (Å²) in [6.07, 6.45) is 6.81. The minimum Gasteiger partial charge on any atom is -0.508 e. The lowest BCUT2D eigenvalue weighted by Gasteiger charge is -2.21. The molecule has 0 aliphatic heterocycles. The van der Waals surface area contributed by atoms with Crippen molar-refractivity contribution in [3.05, 3.63) is 61.4 Å². The molecular weight excluding hydrogens is 510 g/mol. The number of hydrogen-bond acceptors (Lipinski definition) is 7. The van der Waals surface area contributed by atoms with Gasteiger partial charge in [-0.1, -0.05) is 12.1 Å². The van der Waals surface area contributed by atoms with Crippen LogP contribution in [0.4, 0.5) is 0 Å². The number of nitrogens with two attached hydrogens (primary N) is 2. The van der Waals surface area contributed by atoms with E-state index in [4.69, 9.17) is 11.5 Å². The summed E-state index contributed by atoms with van der Waals surface area (Å²) < 4.78 is 0. The van der Waals surface area contributed by atoms with Crippen molar-refractivity contribution in [1.82, 2.24) is 21.3 Å². The number of nitrogens with zero attached hydrogens (tertiary/aromatic N) is 1. The average Bonchev–Trinajstić information content (AvgIpc) is 3.43. The van der Waals surface area contributed by atoms with E-state index in [0.29, 0.717) is 11.5 Å². The minimum absolute atomic E-state index is 0.00898. The van der Waals surface area contributed by atoms with Crippen molar-refractivity contribution in [3.8, 4) is 5.75 Å². The van der Waals surface area contributed by atoms with Crippen LogP contribution in [0.2, 0.25) is 0 Å². The summed E-state index contributed by atoms with van der Waals surface area (Å²) in [5.41, 5.74) is 11.2. The van der Waals surface area contributed by atoms with Crippen LogP contribution < -0.4 is 32.7 Å². The summed E-state index contributed by atoms with van der Waals surface area (Å²) in [7, 11) is 0. The van der Waals surface area contributed by atoms with Gasteiger partial charge in [-0.2, -0.15) is 0 Å². The summed E-state index contributed by atoms with van der Waals surface area (Å²) in [5.74, 6) is -3.58. The fraction of sp³-hybridized carbons (Fsp3) is 0.320. The number of amides is 4. The lowest BCUT2D eigenvalue weighted by atomic mass is 10.0. The SMILES string of the molecule is NC(N)=NCCC[C@H](NC(=O)CNC(=O)CNC(=O)[C]1[CH][CH][CH][CH]1)C(=O)N[C@@H](Cc1ccc(O)cc1)C(=O)O. The summed E-state index contributed by atoms with van der Waals surface area (Å²) in [6, 6.07) is 3.37. The zero-order valence-electron chi connectivity index (χ0n) is 21.1. The Morgan fingerprint density at radius 3 is 2.13 bits per heavy atom. The van der Waals surface area contributed by atoms with E-state index in [1.807, 2.05) is 0 Å². The standard InChI is InChI=1S/C25H32N7O7/c26-25(27)28-11-3-6-18(23(37)32-19(24(38)39)12-15-7-9-17(33)10-8-15)31-21(35)14-29-20(34)13-30-22(36)16-4-1-2-5-16/h1-2,4-5,7-10,18-19,33H,3,6,11-14H2,(H,29,34)(H,30,36)(H,31,35)(H,32,37)(H,38,39)(H4,26,27,28)/t18-,19-/m0/s1. The summed E-state index contributed by atoms with van der Waals surface area (Å²) in [6.45, 7) is -0.687. The molecule has 4 amide bonds. The van der Waals surface area contributed by atoms with Gasteiger partial charge in [0.15, 0.2) is 5.96 Å². The zero-order chi connectivity index (χ0) is 28.8. The number of guanidine groups is 1. The lowest BCUT2D eigenvalue weighted by molar-refractivity contribution is -0.142. The predicted molar refractivity (Wildman–Crippen MR) is 140 cm³/mol. The highest BCUT2D eigenvalue weighted by Crippen LogP contribution is 2.22. The molecule has 1 fully saturated rings. The number of aliphatic imine (C=N–C) groups is 1. The number of carboxylic acid groups (broad SMARTS) is 1. The van der Waals surface area contributed by atoms with Crippen molar-refractivity contribution in [2.45, 2.75) is 31.3 Å². The molecule has 0 spiro atoms. The molecule has 0 saturated heterocycles. The number of hydrogen-bond donors (Lipinski definition) is 8. The van der Waals surface area contributed by atoms with Crippen LogP contribution >= 0.6 is 0 Å². The van der Waals surface area contributed by atoms with Crippen molar-refractivity contribution < 1.29 is 34.2 Å². The van der Waals surface area contributed by atoms with Gasteiger partial charge in [0.25, 0.3) is 0 Å². The second-order valence-electron chi connectivity index (χ2n) is 8.47. The maximum atomic E-state index is 12.9. The van der Waals surface area contributed by atoms with Crippen LogP contribution in [0.25, 0.3) is 0 Å². The second kappa shape index (κ2) is 15.8. The van der Waals surface area contributed by atoms with Crippen LogP contribution in [-0.4, -0.2) is 77.5 Å². The van der Waals surface area contributed by atoms with Gasteiger partial charge in [0.2, 0.25) is 23.6 Å². The van der Waals surface area contributed by atoms with E-state index in [1.54, 1.807) is 25.7 Å². The molecule has 209 valence electrons. The van der Waals surface area contributed by atoms with Gasteiger partial charge >= 0.3 is 5.97 Å². The molecule has 39 heavy (non-hydrogen) atoms. The third-order valence-corrected chi connectivity index (χ3v) is 5.37. The normalized spacial score (nSPS) is 14.5. The number of nitrogens with one attached hydrogen (secondary N) is 4. The first-order valence-corrected chi connectivity index (χ1v) is 12.0. The van der Waals surface area contributed by atoms with Gasteiger partial charge in [-0.15, -0.1) is 0 Å². The molecule has 0 bridgehead atoms. The molecule has 0 heterocycles. The summed E-state index contributed by atoms with van der Waals surface area (Å²) >= 11 is 0. The average molecular weight is 543 g/mol. The Morgan fingerprint density at radius 2 is 1.51 bits per heavy atom. The first kappa shape index (κ1) is 30.9. The number of carboxylic acids is 1. The third kappa shape index (κ3) is 11.7. The van der Waals surface area contributed by atoms with Crippen LogP contribution in [0, 0.1) is 31.6 Å². The van der Waals surface area contributed by atoms with E-state index in [-0.39, 0.29) is 44.1 Å². The van der Waals surface area contributed by atoms with E-state index < -0.39 is 48.2 Å². The third-order valence-electron chi connectivity index (χ3n) is 5.37. The second-order valence-corrected chi connectivity index (χ2v) is 8.47. The molecule has 14 nitrogen and oxygen atoms in total. The number of phenolic OH excluding ortho intramolecular Hbond substituents is 1. The summed E-state index contributed by atoms with van der Waals surface area (Å²) in [4.78, 5) is 64.9. The Morgan fingerprint density at radius 1 is 0.872 bits per heavy atom. The molecule has 2 rings (SSSR count). The topological polar surface area (TPSA) is 238 Å². The van der Waals surface area contributed by atoms with Gasteiger partial charge in [-0.05, 0) is 56.2 Å². The number of rotatable bonds is 15. The first-order valence-electron chi connectivity index (χ1n) is 12.0. The smallest absolute Gasteiger partial charge is 0.326 e. The van der Waals surface area contributed by atoms with Crippen LogP contribution in [-0.2, 0) is 30.4 Å². The van der Waals surface area contributed by atoms with Crippen LogP contribution in [0.15, 0.2) is 29.3 Å². The monoisotopic (exact) mass is 542 g/mol. The van der Waals surface area contributed by atoms with Crippen molar-refractivity contribution >= 4 is 35.6 Å². The molecule has 1 aromatic rings. The number of carbonyl (C=O) groups is 5.